The zero-order valence-corrected chi connectivity index (χ0v) is 9.65. The molecule has 5 heteroatoms. The Kier molecular flexibility index (Phi) is 2.79. The highest BCUT2D eigenvalue weighted by atomic mass is 16.3. The van der Waals surface area contributed by atoms with Crippen molar-refractivity contribution in [1.29, 1.82) is 0 Å². The van der Waals surface area contributed by atoms with Gasteiger partial charge in [0, 0.05) is 24.5 Å². The smallest absolute Gasteiger partial charge is 0.137 e. The predicted octanol–water partition coefficient (Wildman–Crippen LogP) is 2.47. The third-order valence-corrected chi connectivity index (χ3v) is 2.59. The molecule has 3 heterocycles. The van der Waals surface area contributed by atoms with Crippen LogP contribution < -0.4 is 5.32 Å². The molecule has 0 spiro atoms. The largest absolute Gasteiger partial charge is 0.472 e. The molecule has 0 aliphatic rings. The molecule has 3 rings (SSSR count). The number of imidazole rings is 1. The number of aromatic nitrogens is 3. The van der Waals surface area contributed by atoms with E-state index in [0.29, 0.717) is 0 Å². The number of anilines is 1. The van der Waals surface area contributed by atoms with Crippen LogP contribution in [0.4, 0.5) is 5.69 Å². The van der Waals surface area contributed by atoms with Gasteiger partial charge in [0.05, 0.1) is 24.4 Å². The molecule has 0 fully saturated rings. The lowest BCUT2D eigenvalue weighted by molar-refractivity contribution is 0.564. The van der Waals surface area contributed by atoms with Gasteiger partial charge in [-0.15, -0.1) is 0 Å². The Morgan fingerprint density at radius 2 is 2.28 bits per heavy atom. The van der Waals surface area contributed by atoms with Crippen LogP contribution in [-0.4, -0.2) is 14.5 Å². The quantitative estimate of drug-likeness (QED) is 0.761. The van der Waals surface area contributed by atoms with Crippen LogP contribution in [0, 0.1) is 0 Å². The summed E-state index contributed by atoms with van der Waals surface area (Å²) in [7, 11) is 0. The lowest BCUT2D eigenvalue weighted by Crippen LogP contribution is -2.00. The minimum Gasteiger partial charge on any atom is -0.472 e. The van der Waals surface area contributed by atoms with Crippen molar-refractivity contribution in [3.05, 3.63) is 61.2 Å². The highest BCUT2D eigenvalue weighted by Crippen LogP contribution is 2.11. The fourth-order valence-corrected chi connectivity index (χ4v) is 1.64. The molecule has 0 aliphatic carbocycles. The average Bonchev–Trinajstić information content (AvgIpc) is 3.10. The monoisotopic (exact) mass is 240 g/mol. The minimum absolute atomic E-state index is 0.725. The van der Waals surface area contributed by atoms with Crippen LogP contribution >= 0.6 is 0 Å². The summed E-state index contributed by atoms with van der Waals surface area (Å²) in [5.74, 6) is 0.848. The van der Waals surface area contributed by atoms with Gasteiger partial charge in [0.15, 0.2) is 0 Å². The van der Waals surface area contributed by atoms with Crippen LogP contribution in [0.5, 0.6) is 0 Å². The van der Waals surface area contributed by atoms with Crippen molar-refractivity contribution in [2.24, 2.45) is 0 Å². The van der Waals surface area contributed by atoms with E-state index < -0.39 is 0 Å². The van der Waals surface area contributed by atoms with E-state index >= 15 is 0 Å². The van der Waals surface area contributed by atoms with Crippen LogP contribution in [0.3, 0.4) is 0 Å². The van der Waals surface area contributed by atoms with E-state index in [9.17, 15) is 0 Å². The molecule has 0 aromatic carbocycles. The normalized spacial score (nSPS) is 10.4. The Morgan fingerprint density at radius 3 is 2.94 bits per heavy atom. The Bertz CT molecular complexity index is 584. The van der Waals surface area contributed by atoms with Gasteiger partial charge in [-0.25, -0.2) is 9.97 Å². The summed E-state index contributed by atoms with van der Waals surface area (Å²) < 4.78 is 6.87. The van der Waals surface area contributed by atoms with Gasteiger partial charge in [0.2, 0.25) is 0 Å². The SMILES string of the molecule is c1cn(-c2ccc(NCc3ccoc3)cn2)cn1. The first-order valence-corrected chi connectivity index (χ1v) is 5.61. The van der Waals surface area contributed by atoms with Crippen molar-refractivity contribution < 1.29 is 4.42 Å². The molecule has 5 nitrogen and oxygen atoms in total. The summed E-state index contributed by atoms with van der Waals surface area (Å²) in [6, 6.07) is 5.86. The zero-order valence-electron chi connectivity index (χ0n) is 9.65. The van der Waals surface area contributed by atoms with Gasteiger partial charge >= 0.3 is 0 Å². The molecule has 0 amide bonds. The number of rotatable bonds is 4. The van der Waals surface area contributed by atoms with Crippen molar-refractivity contribution in [2.45, 2.75) is 6.54 Å². The lowest BCUT2D eigenvalue weighted by atomic mass is 10.3. The summed E-state index contributed by atoms with van der Waals surface area (Å²) in [4.78, 5) is 8.35. The first-order chi connectivity index (χ1) is 8.92. The van der Waals surface area contributed by atoms with Gasteiger partial charge in [-0.3, -0.25) is 4.57 Å². The number of hydrogen-bond acceptors (Lipinski definition) is 4. The molecule has 0 aliphatic heterocycles. The standard InChI is InChI=1S/C13H12N4O/c1-2-13(17-5-4-14-10-17)16-8-12(1)15-7-11-3-6-18-9-11/h1-6,8-10,15H,7H2. The molecule has 0 atom stereocenters. The van der Waals surface area contributed by atoms with Crippen molar-refractivity contribution in [3.63, 3.8) is 0 Å². The fourth-order valence-electron chi connectivity index (χ4n) is 1.64. The van der Waals surface area contributed by atoms with Crippen LogP contribution in [-0.2, 0) is 6.54 Å². The Balaban J connectivity index is 1.68. The second-order valence-corrected chi connectivity index (χ2v) is 3.86. The molecule has 3 aromatic rings. The van der Waals surface area contributed by atoms with Gasteiger partial charge in [-0.1, -0.05) is 0 Å². The minimum atomic E-state index is 0.725. The maximum absolute atomic E-state index is 5.01. The molecular formula is C13H12N4O. The van der Waals surface area contributed by atoms with E-state index in [1.54, 1.807) is 31.2 Å². The Morgan fingerprint density at radius 1 is 1.28 bits per heavy atom. The van der Waals surface area contributed by atoms with Crippen LogP contribution in [0.2, 0.25) is 0 Å². The highest BCUT2D eigenvalue weighted by Gasteiger charge is 1.98. The van der Waals surface area contributed by atoms with Crippen molar-refractivity contribution in [2.75, 3.05) is 5.32 Å². The molecule has 0 radical (unpaired) electrons. The van der Waals surface area contributed by atoms with E-state index in [2.05, 4.69) is 15.3 Å². The maximum atomic E-state index is 5.01. The van der Waals surface area contributed by atoms with Gasteiger partial charge in [0.25, 0.3) is 0 Å². The molecule has 0 saturated carbocycles. The maximum Gasteiger partial charge on any atom is 0.137 e. The van der Waals surface area contributed by atoms with Gasteiger partial charge in [0.1, 0.15) is 12.1 Å². The van der Waals surface area contributed by atoms with Gasteiger partial charge in [-0.05, 0) is 18.2 Å². The Hall–Kier alpha value is -2.56. The molecule has 1 N–H and O–H groups in total. The number of furan rings is 1. The number of hydrogen-bond donors (Lipinski definition) is 1. The second kappa shape index (κ2) is 4.75. The number of pyridine rings is 1. The molecule has 0 saturated heterocycles. The fraction of sp³-hybridized carbons (Fsp3) is 0.0769. The zero-order chi connectivity index (χ0) is 12.2. The van der Waals surface area contributed by atoms with E-state index in [0.717, 1.165) is 23.6 Å². The first kappa shape index (κ1) is 10.6. The van der Waals surface area contributed by atoms with E-state index in [1.165, 1.54) is 0 Å². The third-order valence-electron chi connectivity index (χ3n) is 2.59. The average molecular weight is 240 g/mol. The molecule has 3 aromatic heterocycles. The molecular weight excluding hydrogens is 228 g/mol. The topological polar surface area (TPSA) is 55.9 Å². The van der Waals surface area contributed by atoms with Crippen LogP contribution in [0.1, 0.15) is 5.56 Å². The number of nitrogens with one attached hydrogen (secondary N) is 1. The van der Waals surface area contributed by atoms with Crippen LogP contribution in [0.15, 0.2) is 60.1 Å². The van der Waals surface area contributed by atoms with Crippen molar-refractivity contribution >= 4 is 5.69 Å². The third kappa shape index (κ3) is 2.24. The summed E-state index contributed by atoms with van der Waals surface area (Å²) >= 11 is 0. The van der Waals surface area contributed by atoms with E-state index in [4.69, 9.17) is 4.42 Å². The first-order valence-electron chi connectivity index (χ1n) is 5.61. The van der Waals surface area contributed by atoms with Gasteiger partial charge < -0.3 is 9.73 Å². The van der Waals surface area contributed by atoms with Crippen LogP contribution in [0.25, 0.3) is 5.82 Å². The highest BCUT2D eigenvalue weighted by molar-refractivity contribution is 5.44. The summed E-state index contributed by atoms with van der Waals surface area (Å²) in [6.07, 6.45) is 10.5. The summed E-state index contributed by atoms with van der Waals surface area (Å²) in [5, 5.41) is 3.27. The predicted molar refractivity (Wildman–Crippen MR) is 67.4 cm³/mol. The molecule has 18 heavy (non-hydrogen) atoms. The molecule has 0 unspecified atom stereocenters. The lowest BCUT2D eigenvalue weighted by Gasteiger charge is -2.05. The molecule has 0 bridgehead atoms. The van der Waals surface area contributed by atoms with E-state index in [1.807, 2.05) is 29.0 Å². The van der Waals surface area contributed by atoms with Crippen molar-refractivity contribution in [1.82, 2.24) is 14.5 Å². The Labute approximate surface area is 104 Å². The summed E-state index contributed by atoms with van der Waals surface area (Å²) in [5.41, 5.74) is 2.08. The van der Waals surface area contributed by atoms with Crippen molar-refractivity contribution in [3.8, 4) is 5.82 Å². The van der Waals surface area contributed by atoms with E-state index in [-0.39, 0.29) is 0 Å². The number of nitrogens with zero attached hydrogens (tertiary/aromatic N) is 3. The van der Waals surface area contributed by atoms with Gasteiger partial charge in [-0.2, -0.15) is 0 Å². The molecule has 90 valence electrons. The second-order valence-electron chi connectivity index (χ2n) is 3.86. The summed E-state index contributed by atoms with van der Waals surface area (Å²) in [6.45, 7) is 0.725.